The van der Waals surface area contributed by atoms with Crippen molar-refractivity contribution in [2.45, 2.75) is 100 Å². The number of phenolic OH excluding ortho intramolecular Hbond substituents is 4. The average molecular weight is 709 g/mol. The summed E-state index contributed by atoms with van der Waals surface area (Å²) in [4.78, 5) is 24.0. The SMILES string of the molecule is C[C@@H]1O[C@@H](OC[C@H]2O[C@@H](Oc3c(-c4ccc(O)c(O)c4)oc4cc(O)cc(O)c4c3=O)[C@H](O)[C@@H](O)[C@@H]2O)[C@H](O)[C@H](O)[C@H]1O.O=C1CCCCC1. The fourth-order valence-corrected chi connectivity index (χ4v) is 5.78. The second-order valence-electron chi connectivity index (χ2n) is 12.4. The Morgan fingerprint density at radius 3 is 2.02 bits per heavy atom. The van der Waals surface area contributed by atoms with Crippen molar-refractivity contribution in [3.63, 3.8) is 0 Å². The van der Waals surface area contributed by atoms with Crippen LogP contribution in [0.5, 0.6) is 28.7 Å². The number of carbonyl (C=O) groups is 1. The van der Waals surface area contributed by atoms with Crippen LogP contribution in [-0.4, -0.2) is 125 Å². The molecule has 6 rings (SSSR count). The number of ketones is 1. The molecule has 0 bridgehead atoms. The molecule has 1 aromatic heterocycles. The molecule has 2 saturated heterocycles. The molecule has 17 heteroatoms. The van der Waals surface area contributed by atoms with Crippen molar-refractivity contribution in [3.8, 4) is 40.1 Å². The van der Waals surface area contributed by atoms with Gasteiger partial charge in [-0.1, -0.05) is 6.42 Å². The second kappa shape index (κ2) is 15.5. The highest BCUT2D eigenvalue weighted by atomic mass is 16.7. The van der Waals surface area contributed by atoms with E-state index in [2.05, 4.69) is 0 Å². The van der Waals surface area contributed by atoms with Gasteiger partial charge in [0.05, 0.1) is 12.7 Å². The van der Waals surface area contributed by atoms with E-state index in [0.29, 0.717) is 5.78 Å². The predicted octanol–water partition coefficient (Wildman–Crippen LogP) is -0.168. The monoisotopic (exact) mass is 708 g/mol. The molecule has 2 aromatic carbocycles. The fraction of sp³-hybridized carbons (Fsp3) is 0.515. The lowest BCUT2D eigenvalue weighted by atomic mass is 9.98. The summed E-state index contributed by atoms with van der Waals surface area (Å²) in [5.74, 6) is -2.87. The Morgan fingerprint density at radius 2 is 1.38 bits per heavy atom. The van der Waals surface area contributed by atoms with E-state index in [1.165, 1.54) is 19.4 Å². The van der Waals surface area contributed by atoms with Gasteiger partial charge in [0.2, 0.25) is 17.5 Å². The van der Waals surface area contributed by atoms with E-state index >= 15 is 0 Å². The summed E-state index contributed by atoms with van der Waals surface area (Å²) in [6.45, 7) is 0.818. The van der Waals surface area contributed by atoms with Crippen LogP contribution in [0.1, 0.15) is 39.0 Å². The number of aromatic hydroxyl groups is 4. The maximum Gasteiger partial charge on any atom is 0.239 e. The van der Waals surface area contributed by atoms with Crippen molar-refractivity contribution in [3.05, 3.63) is 40.6 Å². The second-order valence-corrected chi connectivity index (χ2v) is 12.4. The Bertz CT molecular complexity index is 1720. The van der Waals surface area contributed by atoms with Crippen molar-refractivity contribution in [2.75, 3.05) is 6.61 Å². The van der Waals surface area contributed by atoms with Gasteiger partial charge in [-0.3, -0.25) is 9.59 Å². The largest absolute Gasteiger partial charge is 0.508 e. The maximum absolute atomic E-state index is 13.6. The van der Waals surface area contributed by atoms with E-state index < -0.39 is 113 Å². The quantitative estimate of drug-likeness (QED) is 0.149. The summed E-state index contributed by atoms with van der Waals surface area (Å²) < 4.78 is 27.8. The van der Waals surface area contributed by atoms with E-state index in [1.54, 1.807) is 0 Å². The first-order chi connectivity index (χ1) is 23.7. The van der Waals surface area contributed by atoms with Crippen LogP contribution < -0.4 is 10.2 Å². The molecule has 10 atom stereocenters. The zero-order chi connectivity index (χ0) is 36.4. The highest BCUT2D eigenvalue weighted by molar-refractivity contribution is 5.88. The molecule has 10 N–H and O–H groups in total. The summed E-state index contributed by atoms with van der Waals surface area (Å²) in [7, 11) is 0. The zero-order valence-electron chi connectivity index (χ0n) is 26.7. The lowest BCUT2D eigenvalue weighted by Gasteiger charge is -2.42. The van der Waals surface area contributed by atoms with Gasteiger partial charge in [-0.15, -0.1) is 0 Å². The lowest BCUT2D eigenvalue weighted by molar-refractivity contribution is -0.318. The van der Waals surface area contributed by atoms with Gasteiger partial charge in [-0.25, -0.2) is 0 Å². The van der Waals surface area contributed by atoms with E-state index in [-0.39, 0.29) is 11.1 Å². The number of aliphatic hydroxyl groups is 6. The molecule has 0 amide bonds. The Hall–Kier alpha value is -4.04. The highest BCUT2D eigenvalue weighted by Crippen LogP contribution is 2.39. The third kappa shape index (κ3) is 7.80. The number of ether oxygens (including phenoxy) is 4. The summed E-state index contributed by atoms with van der Waals surface area (Å²) in [6.07, 6.45) is -10.9. The summed E-state index contributed by atoms with van der Waals surface area (Å²) >= 11 is 0. The molecule has 2 aliphatic heterocycles. The number of Topliss-reactive ketones (excluding diaryl/α,β-unsaturated/α-hetero) is 1. The van der Waals surface area contributed by atoms with Gasteiger partial charge in [0.15, 0.2) is 23.5 Å². The molecular weight excluding hydrogens is 668 g/mol. The Kier molecular flexibility index (Phi) is 11.5. The van der Waals surface area contributed by atoms with Gasteiger partial charge in [0.1, 0.15) is 71.0 Å². The molecule has 0 spiro atoms. The molecular formula is C33H40O17. The van der Waals surface area contributed by atoms with Crippen molar-refractivity contribution in [2.24, 2.45) is 0 Å². The number of benzene rings is 2. The predicted molar refractivity (Wildman–Crippen MR) is 168 cm³/mol. The number of hydrogen-bond donors (Lipinski definition) is 10. The first kappa shape index (κ1) is 37.2. The number of hydrogen-bond acceptors (Lipinski definition) is 17. The maximum atomic E-state index is 13.6. The molecule has 17 nitrogen and oxygen atoms in total. The van der Waals surface area contributed by atoms with Crippen LogP contribution in [-0.2, 0) is 19.0 Å². The van der Waals surface area contributed by atoms with Crippen molar-refractivity contribution >= 4 is 16.8 Å². The van der Waals surface area contributed by atoms with Gasteiger partial charge >= 0.3 is 0 Å². The molecule has 3 aromatic rings. The van der Waals surface area contributed by atoms with Gasteiger partial charge in [-0.05, 0) is 38.0 Å². The van der Waals surface area contributed by atoms with E-state index in [9.17, 15) is 60.7 Å². The molecule has 50 heavy (non-hydrogen) atoms. The number of carbonyl (C=O) groups excluding carboxylic acids is 1. The van der Waals surface area contributed by atoms with Gasteiger partial charge in [-0.2, -0.15) is 0 Å². The molecule has 3 heterocycles. The number of rotatable bonds is 6. The topological polar surface area (TPSA) is 286 Å². The standard InChI is InChI=1S/C27H30O16.C6H10O/c1-8-17(32)20(35)22(37)26(40-8)39-7-15-18(33)21(36)23(38)27(42-15)43-25-19(34)16-13(31)5-10(28)6-14(16)41-24(25)9-2-3-11(29)12(30)4-9;7-6-4-2-1-3-5-6/h2-6,8,15,17-18,20-23,26-33,35-38H,7H2,1H3;1-5H2/t8-,15+,17-,18+,20+,21-,22+,23+,26+,27-;/m0./s1. The fourth-order valence-electron chi connectivity index (χ4n) is 5.78. The zero-order valence-corrected chi connectivity index (χ0v) is 26.7. The van der Waals surface area contributed by atoms with Crippen LogP contribution in [0.15, 0.2) is 39.5 Å². The highest BCUT2D eigenvalue weighted by Gasteiger charge is 2.48. The molecule has 0 radical (unpaired) electrons. The normalized spacial score (nSPS) is 31.5. The number of phenols is 4. The molecule has 3 aliphatic rings. The van der Waals surface area contributed by atoms with Crippen LogP contribution in [0, 0.1) is 0 Å². The summed E-state index contributed by atoms with van der Waals surface area (Å²) in [5.41, 5.74) is -1.35. The van der Waals surface area contributed by atoms with Crippen molar-refractivity contribution in [1.29, 1.82) is 0 Å². The van der Waals surface area contributed by atoms with Crippen LogP contribution >= 0.6 is 0 Å². The minimum absolute atomic E-state index is 0.0313. The number of aliphatic hydroxyl groups excluding tert-OH is 6. The van der Waals surface area contributed by atoms with Gasteiger partial charge in [0, 0.05) is 30.5 Å². The number of fused-ring (bicyclic) bond motifs is 1. The summed E-state index contributed by atoms with van der Waals surface area (Å²) in [6, 6.07) is 5.24. The van der Waals surface area contributed by atoms with E-state index in [1.807, 2.05) is 0 Å². The molecule has 274 valence electrons. The Morgan fingerprint density at radius 1 is 0.720 bits per heavy atom. The van der Waals surface area contributed by atoms with Crippen LogP contribution in [0.2, 0.25) is 0 Å². The smallest absolute Gasteiger partial charge is 0.239 e. The minimum atomic E-state index is -1.97. The van der Waals surface area contributed by atoms with Crippen LogP contribution in [0.3, 0.4) is 0 Å². The van der Waals surface area contributed by atoms with Gasteiger partial charge < -0.3 is 74.4 Å². The lowest BCUT2D eigenvalue weighted by Crippen LogP contribution is -2.61. The first-order valence-electron chi connectivity index (χ1n) is 15.9. The average Bonchev–Trinajstić information content (AvgIpc) is 3.08. The molecule has 1 saturated carbocycles. The molecule has 0 unspecified atom stereocenters. The van der Waals surface area contributed by atoms with Crippen LogP contribution in [0.4, 0.5) is 0 Å². The Balaban J connectivity index is 0.000000619. The minimum Gasteiger partial charge on any atom is -0.508 e. The van der Waals surface area contributed by atoms with Gasteiger partial charge in [0.25, 0.3) is 0 Å². The van der Waals surface area contributed by atoms with E-state index in [0.717, 1.165) is 49.9 Å². The third-order valence-corrected chi connectivity index (χ3v) is 8.70. The third-order valence-electron chi connectivity index (χ3n) is 8.70. The molecule has 3 fully saturated rings. The van der Waals surface area contributed by atoms with E-state index in [4.69, 9.17) is 23.4 Å². The first-order valence-corrected chi connectivity index (χ1v) is 15.9. The van der Waals surface area contributed by atoms with Crippen LogP contribution in [0.25, 0.3) is 22.3 Å². The van der Waals surface area contributed by atoms with Crippen molar-refractivity contribution < 1.29 is 79.2 Å². The van der Waals surface area contributed by atoms with Crippen molar-refractivity contribution in [1.82, 2.24) is 0 Å². The Labute approximate surface area is 283 Å². The molecule has 1 aliphatic carbocycles. The summed E-state index contributed by atoms with van der Waals surface area (Å²) in [5, 5.41) is 101.